The van der Waals surface area contributed by atoms with Crippen LogP contribution < -0.4 is 5.32 Å². The summed E-state index contributed by atoms with van der Waals surface area (Å²) >= 11 is 5.67. The number of nitrogens with one attached hydrogen (secondary N) is 1. The van der Waals surface area contributed by atoms with Crippen molar-refractivity contribution in [2.45, 2.75) is 0 Å². The number of benzene rings is 1. The molecule has 1 rings (SSSR count). The average molecular weight is 226 g/mol. The fourth-order valence-corrected chi connectivity index (χ4v) is 1.03. The van der Waals surface area contributed by atoms with Crippen molar-refractivity contribution in [3.8, 4) is 18.1 Å². The second-order valence-electron chi connectivity index (χ2n) is 2.57. The van der Waals surface area contributed by atoms with Crippen LogP contribution in [-0.4, -0.2) is 17.8 Å². The largest absolute Gasteiger partial charge is 0.506 e. The van der Waals surface area contributed by atoms with Gasteiger partial charge in [-0.2, -0.15) is 0 Å². The lowest BCUT2D eigenvalue weighted by atomic mass is 10.3. The van der Waals surface area contributed by atoms with E-state index < -0.39 is 6.09 Å². The minimum absolute atomic E-state index is 0.0999. The van der Waals surface area contributed by atoms with Crippen molar-refractivity contribution in [2.24, 2.45) is 0 Å². The molecule has 4 nitrogen and oxygen atoms in total. The van der Waals surface area contributed by atoms with Gasteiger partial charge in [0, 0.05) is 5.02 Å². The lowest BCUT2D eigenvalue weighted by molar-refractivity contribution is 0.176. The standard InChI is InChI=1S/C10H8ClNO3/c1-2-5-15-10(14)12-8-6-7(11)3-4-9(8)13/h1,3-4,6,13H,5H2,(H,12,14). The van der Waals surface area contributed by atoms with Crippen molar-refractivity contribution in [3.63, 3.8) is 0 Å². The predicted molar refractivity (Wildman–Crippen MR) is 56.9 cm³/mol. The molecule has 0 saturated carbocycles. The number of phenols is 1. The molecule has 0 aromatic heterocycles. The lowest BCUT2D eigenvalue weighted by Gasteiger charge is -2.06. The number of amides is 1. The first-order valence-electron chi connectivity index (χ1n) is 3.99. The van der Waals surface area contributed by atoms with Gasteiger partial charge in [0.15, 0.2) is 6.61 Å². The molecule has 0 aliphatic rings. The monoisotopic (exact) mass is 225 g/mol. The Morgan fingerprint density at radius 1 is 1.67 bits per heavy atom. The molecule has 0 saturated heterocycles. The van der Waals surface area contributed by atoms with E-state index in [1.165, 1.54) is 18.2 Å². The maximum Gasteiger partial charge on any atom is 0.412 e. The zero-order valence-corrected chi connectivity index (χ0v) is 8.41. The van der Waals surface area contributed by atoms with Crippen LogP contribution in [0.5, 0.6) is 5.75 Å². The number of aromatic hydroxyl groups is 1. The Hall–Kier alpha value is -1.86. The van der Waals surface area contributed by atoms with Gasteiger partial charge in [0.1, 0.15) is 5.75 Å². The first-order chi connectivity index (χ1) is 7.13. The quantitative estimate of drug-likeness (QED) is 0.599. The molecule has 78 valence electrons. The molecular formula is C10H8ClNO3. The Bertz CT molecular complexity index is 412. The molecule has 0 fully saturated rings. The molecule has 2 N–H and O–H groups in total. The maximum absolute atomic E-state index is 11.1. The smallest absolute Gasteiger partial charge is 0.412 e. The number of rotatable bonds is 2. The Morgan fingerprint density at radius 2 is 2.40 bits per heavy atom. The summed E-state index contributed by atoms with van der Waals surface area (Å²) in [5.41, 5.74) is 0.171. The average Bonchev–Trinajstić information content (AvgIpc) is 2.20. The summed E-state index contributed by atoms with van der Waals surface area (Å²) in [5, 5.41) is 12.0. The molecule has 0 aliphatic heterocycles. The normalized spacial score (nSPS) is 9.07. The van der Waals surface area contributed by atoms with E-state index in [4.69, 9.17) is 18.0 Å². The van der Waals surface area contributed by atoms with Crippen molar-refractivity contribution >= 4 is 23.4 Å². The summed E-state index contributed by atoms with van der Waals surface area (Å²) in [6, 6.07) is 4.25. The molecule has 0 bridgehead atoms. The van der Waals surface area contributed by atoms with Crippen LogP contribution in [0.4, 0.5) is 10.5 Å². The topological polar surface area (TPSA) is 58.6 Å². The van der Waals surface area contributed by atoms with E-state index in [-0.39, 0.29) is 18.0 Å². The van der Waals surface area contributed by atoms with Gasteiger partial charge in [-0.05, 0) is 18.2 Å². The van der Waals surface area contributed by atoms with Crippen LogP contribution in [0.15, 0.2) is 18.2 Å². The summed E-state index contributed by atoms with van der Waals surface area (Å²) in [5.74, 6) is 2.04. The molecule has 0 aliphatic carbocycles. The van der Waals surface area contributed by atoms with Gasteiger partial charge in [-0.15, -0.1) is 6.42 Å². The number of hydrogen-bond acceptors (Lipinski definition) is 3. The van der Waals surface area contributed by atoms with Crippen molar-refractivity contribution in [1.82, 2.24) is 0 Å². The third-order valence-electron chi connectivity index (χ3n) is 1.48. The molecule has 5 heteroatoms. The van der Waals surface area contributed by atoms with Crippen LogP contribution in [0.1, 0.15) is 0 Å². The first kappa shape index (κ1) is 11.2. The van der Waals surface area contributed by atoms with Gasteiger partial charge in [0.05, 0.1) is 5.69 Å². The van der Waals surface area contributed by atoms with Crippen LogP contribution in [0.2, 0.25) is 5.02 Å². The van der Waals surface area contributed by atoms with Gasteiger partial charge in [0.25, 0.3) is 0 Å². The number of carbonyl (C=O) groups is 1. The van der Waals surface area contributed by atoms with E-state index in [1.807, 2.05) is 0 Å². The SMILES string of the molecule is C#CCOC(=O)Nc1cc(Cl)ccc1O. The third-order valence-corrected chi connectivity index (χ3v) is 1.72. The zero-order valence-electron chi connectivity index (χ0n) is 7.66. The second kappa shape index (κ2) is 5.13. The minimum atomic E-state index is -0.745. The highest BCUT2D eigenvalue weighted by atomic mass is 35.5. The summed E-state index contributed by atoms with van der Waals surface area (Å²) in [7, 11) is 0. The fourth-order valence-electron chi connectivity index (χ4n) is 0.862. The number of hydrogen-bond donors (Lipinski definition) is 2. The number of carbonyl (C=O) groups excluding carboxylic acids is 1. The van der Waals surface area contributed by atoms with Gasteiger partial charge < -0.3 is 9.84 Å². The summed E-state index contributed by atoms with van der Waals surface area (Å²) in [4.78, 5) is 11.1. The van der Waals surface area contributed by atoms with E-state index in [1.54, 1.807) is 0 Å². The van der Waals surface area contributed by atoms with Crippen LogP contribution in [0.25, 0.3) is 0 Å². The summed E-state index contributed by atoms with van der Waals surface area (Å²) in [6.45, 7) is -0.132. The minimum Gasteiger partial charge on any atom is -0.506 e. The van der Waals surface area contributed by atoms with Gasteiger partial charge >= 0.3 is 6.09 Å². The Labute approximate surface area is 91.8 Å². The lowest BCUT2D eigenvalue weighted by Crippen LogP contribution is -2.13. The number of terminal acetylenes is 1. The van der Waals surface area contributed by atoms with Crippen molar-refractivity contribution < 1.29 is 14.6 Å². The summed E-state index contributed by atoms with van der Waals surface area (Å²) in [6.07, 6.45) is 4.15. The molecule has 1 amide bonds. The zero-order chi connectivity index (χ0) is 11.3. The highest BCUT2D eigenvalue weighted by Gasteiger charge is 2.06. The molecule has 0 heterocycles. The number of halogens is 1. The Balaban J connectivity index is 2.68. The molecule has 0 radical (unpaired) electrons. The van der Waals surface area contributed by atoms with E-state index in [9.17, 15) is 9.90 Å². The Kier molecular flexibility index (Phi) is 3.83. The van der Waals surface area contributed by atoms with E-state index >= 15 is 0 Å². The first-order valence-corrected chi connectivity index (χ1v) is 4.37. The van der Waals surface area contributed by atoms with Crippen LogP contribution >= 0.6 is 11.6 Å². The molecule has 0 atom stereocenters. The molecule has 1 aromatic rings. The van der Waals surface area contributed by atoms with Crippen molar-refractivity contribution in [1.29, 1.82) is 0 Å². The van der Waals surface area contributed by atoms with Gasteiger partial charge in [0.2, 0.25) is 0 Å². The second-order valence-corrected chi connectivity index (χ2v) is 3.00. The fraction of sp³-hybridized carbons (Fsp3) is 0.100. The maximum atomic E-state index is 11.1. The van der Waals surface area contributed by atoms with Crippen LogP contribution in [0.3, 0.4) is 0 Å². The van der Waals surface area contributed by atoms with E-state index in [0.717, 1.165) is 0 Å². The number of phenolic OH excluding ortho intramolecular Hbond substituents is 1. The number of ether oxygens (including phenoxy) is 1. The van der Waals surface area contributed by atoms with Crippen molar-refractivity contribution in [3.05, 3.63) is 23.2 Å². The van der Waals surface area contributed by atoms with Crippen LogP contribution in [0, 0.1) is 12.3 Å². The van der Waals surface area contributed by atoms with Gasteiger partial charge in [-0.1, -0.05) is 17.5 Å². The summed E-state index contributed by atoms with van der Waals surface area (Å²) < 4.78 is 4.55. The van der Waals surface area contributed by atoms with Gasteiger partial charge in [-0.3, -0.25) is 5.32 Å². The molecule has 0 unspecified atom stereocenters. The van der Waals surface area contributed by atoms with E-state index in [2.05, 4.69) is 16.0 Å². The molecular weight excluding hydrogens is 218 g/mol. The van der Waals surface area contributed by atoms with Crippen molar-refractivity contribution in [2.75, 3.05) is 11.9 Å². The molecule has 0 spiro atoms. The van der Waals surface area contributed by atoms with Gasteiger partial charge in [-0.25, -0.2) is 4.79 Å². The number of anilines is 1. The highest BCUT2D eigenvalue weighted by molar-refractivity contribution is 6.31. The highest BCUT2D eigenvalue weighted by Crippen LogP contribution is 2.26. The van der Waals surface area contributed by atoms with Crippen LogP contribution in [-0.2, 0) is 4.74 Å². The van der Waals surface area contributed by atoms with E-state index in [0.29, 0.717) is 5.02 Å². The third kappa shape index (κ3) is 3.41. The Morgan fingerprint density at radius 3 is 3.07 bits per heavy atom. The molecule has 1 aromatic carbocycles. The predicted octanol–water partition coefficient (Wildman–Crippen LogP) is 2.23. The molecule has 15 heavy (non-hydrogen) atoms.